The van der Waals surface area contributed by atoms with Gasteiger partial charge in [-0.15, -0.1) is 0 Å². The highest BCUT2D eigenvalue weighted by Crippen LogP contribution is 2.30. The minimum absolute atomic E-state index is 0.999. The average molecular weight is 366 g/mol. The monoisotopic (exact) mass is 365 g/mol. The summed E-state index contributed by atoms with van der Waals surface area (Å²) in [5.74, 6) is 0. The van der Waals surface area contributed by atoms with Crippen molar-refractivity contribution in [3.8, 4) is 0 Å². The third-order valence-corrected chi connectivity index (χ3v) is 5.22. The molecule has 0 saturated heterocycles. The molecule has 1 N–H and O–H groups in total. The standard InChI is InChI=1S/C18H38N.H2O4S/c1-4-7-15-19(16-8-5-2,17-9-6-3)18-13-11-10-12-14-18;1-5(2,3)4/h18H,4-17H2,1-3H3;(H2,1,2,3,4)/q+1;/p-1. The van der Waals surface area contributed by atoms with Crippen LogP contribution >= 0.6 is 0 Å². The molecule has 146 valence electrons. The molecule has 0 atom stereocenters. The van der Waals surface area contributed by atoms with Gasteiger partial charge >= 0.3 is 0 Å². The summed E-state index contributed by atoms with van der Waals surface area (Å²) in [6.45, 7) is 11.4. The summed E-state index contributed by atoms with van der Waals surface area (Å²) in [6.07, 6.45) is 15.9. The van der Waals surface area contributed by atoms with Gasteiger partial charge in [0.1, 0.15) is 0 Å². The topological polar surface area (TPSA) is 77.4 Å². The lowest BCUT2D eigenvalue weighted by Gasteiger charge is -2.47. The van der Waals surface area contributed by atoms with E-state index in [1.54, 1.807) is 0 Å². The molecule has 1 aliphatic rings. The molecule has 1 saturated carbocycles. The zero-order valence-electron chi connectivity index (χ0n) is 16.0. The Morgan fingerprint density at radius 2 is 1.21 bits per heavy atom. The number of quaternary nitrogens is 1. The Labute approximate surface area is 150 Å². The van der Waals surface area contributed by atoms with Crippen LogP contribution < -0.4 is 0 Å². The van der Waals surface area contributed by atoms with E-state index in [1.165, 1.54) is 94.7 Å². The van der Waals surface area contributed by atoms with Gasteiger partial charge in [0.15, 0.2) is 0 Å². The first-order valence-corrected chi connectivity index (χ1v) is 11.2. The third kappa shape index (κ3) is 11.4. The summed E-state index contributed by atoms with van der Waals surface area (Å²) in [4.78, 5) is 0. The fraction of sp³-hybridized carbons (Fsp3) is 1.00. The van der Waals surface area contributed by atoms with E-state index in [2.05, 4.69) is 20.8 Å². The largest absolute Gasteiger partial charge is 0.726 e. The molecule has 1 rings (SSSR count). The fourth-order valence-electron chi connectivity index (χ4n) is 3.93. The fourth-order valence-corrected chi connectivity index (χ4v) is 3.93. The quantitative estimate of drug-likeness (QED) is 0.350. The van der Waals surface area contributed by atoms with Crippen LogP contribution in [0.5, 0.6) is 0 Å². The van der Waals surface area contributed by atoms with Crippen molar-refractivity contribution >= 4 is 10.4 Å². The van der Waals surface area contributed by atoms with Gasteiger partial charge < -0.3 is 9.04 Å². The molecule has 0 aliphatic heterocycles. The lowest BCUT2D eigenvalue weighted by atomic mass is 9.91. The minimum atomic E-state index is -4.92. The van der Waals surface area contributed by atoms with Crippen molar-refractivity contribution < 1.29 is 22.0 Å². The second-order valence-corrected chi connectivity index (χ2v) is 8.03. The molecule has 1 aliphatic carbocycles. The van der Waals surface area contributed by atoms with Crippen molar-refractivity contribution in [2.75, 3.05) is 19.6 Å². The van der Waals surface area contributed by atoms with Gasteiger partial charge in [-0.1, -0.05) is 46.5 Å². The lowest BCUT2D eigenvalue weighted by molar-refractivity contribution is -0.953. The van der Waals surface area contributed by atoms with Crippen LogP contribution in [0.25, 0.3) is 0 Å². The van der Waals surface area contributed by atoms with Crippen LogP contribution in [0.15, 0.2) is 0 Å². The van der Waals surface area contributed by atoms with Gasteiger partial charge in [0.2, 0.25) is 10.4 Å². The average Bonchev–Trinajstić information content (AvgIpc) is 2.54. The first-order chi connectivity index (χ1) is 11.3. The molecule has 0 bridgehead atoms. The summed E-state index contributed by atoms with van der Waals surface area (Å²) in [6, 6.07) is 0.999. The summed E-state index contributed by atoms with van der Waals surface area (Å²) < 4.78 is 34.3. The molecule has 24 heavy (non-hydrogen) atoms. The van der Waals surface area contributed by atoms with Crippen molar-refractivity contribution in [2.45, 2.75) is 97.4 Å². The molecule has 0 amide bonds. The van der Waals surface area contributed by atoms with Crippen molar-refractivity contribution in [1.29, 1.82) is 0 Å². The van der Waals surface area contributed by atoms with Crippen LogP contribution in [0.1, 0.15) is 91.4 Å². The molecule has 1 fully saturated rings. The number of hydrogen-bond acceptors (Lipinski definition) is 3. The molecule has 6 heteroatoms. The molecular formula is C18H39NO4S. The van der Waals surface area contributed by atoms with E-state index >= 15 is 0 Å². The van der Waals surface area contributed by atoms with Crippen LogP contribution in [-0.4, -0.2) is 47.7 Å². The summed E-state index contributed by atoms with van der Waals surface area (Å²) >= 11 is 0. The van der Waals surface area contributed by atoms with Crippen LogP contribution in [0, 0.1) is 0 Å². The minimum Gasteiger partial charge on any atom is -0.726 e. The number of rotatable bonds is 10. The Morgan fingerprint density at radius 3 is 1.50 bits per heavy atom. The van der Waals surface area contributed by atoms with E-state index in [0.717, 1.165) is 6.04 Å². The van der Waals surface area contributed by atoms with Crippen LogP contribution in [0.2, 0.25) is 0 Å². The lowest BCUT2D eigenvalue weighted by Crippen LogP contribution is -2.57. The Kier molecular flexibility index (Phi) is 13.0. The number of nitrogens with zero attached hydrogens (tertiary/aromatic N) is 1. The Balaban J connectivity index is 0.000000922. The number of unbranched alkanes of at least 4 members (excludes halogenated alkanes) is 3. The van der Waals surface area contributed by atoms with E-state index in [-0.39, 0.29) is 0 Å². The maximum atomic E-state index is 8.63. The first kappa shape index (κ1) is 23.8. The van der Waals surface area contributed by atoms with Crippen LogP contribution in [0.4, 0.5) is 0 Å². The van der Waals surface area contributed by atoms with E-state index in [4.69, 9.17) is 17.5 Å². The van der Waals surface area contributed by atoms with Gasteiger partial charge in [-0.2, -0.15) is 0 Å². The smallest absolute Gasteiger partial charge is 0.215 e. The molecule has 0 aromatic carbocycles. The Bertz CT molecular complexity index is 362. The third-order valence-electron chi connectivity index (χ3n) is 5.22. The normalized spacial score (nSPS) is 16.5. The molecule has 0 aromatic heterocycles. The predicted molar refractivity (Wildman–Crippen MR) is 98.8 cm³/mol. The van der Waals surface area contributed by atoms with Crippen molar-refractivity contribution in [2.24, 2.45) is 0 Å². The van der Waals surface area contributed by atoms with Crippen LogP contribution in [0.3, 0.4) is 0 Å². The molecule has 0 heterocycles. The van der Waals surface area contributed by atoms with Crippen LogP contribution in [-0.2, 0) is 10.4 Å². The molecular weight excluding hydrogens is 326 g/mol. The molecule has 0 spiro atoms. The zero-order valence-corrected chi connectivity index (χ0v) is 16.8. The highest BCUT2D eigenvalue weighted by molar-refractivity contribution is 7.79. The summed E-state index contributed by atoms with van der Waals surface area (Å²) in [5, 5.41) is 0. The van der Waals surface area contributed by atoms with Gasteiger partial charge in [0.25, 0.3) is 0 Å². The molecule has 5 nitrogen and oxygen atoms in total. The van der Waals surface area contributed by atoms with E-state index in [1.807, 2.05) is 0 Å². The predicted octanol–water partition coefficient (Wildman–Crippen LogP) is 4.54. The molecule has 0 unspecified atom stereocenters. The second kappa shape index (κ2) is 13.1. The van der Waals surface area contributed by atoms with Crippen molar-refractivity contribution in [3.63, 3.8) is 0 Å². The first-order valence-electron chi connectivity index (χ1n) is 9.83. The zero-order chi connectivity index (χ0) is 18.5. The van der Waals surface area contributed by atoms with Gasteiger partial charge in [-0.25, -0.2) is 8.42 Å². The van der Waals surface area contributed by atoms with Gasteiger partial charge in [0.05, 0.1) is 25.7 Å². The SMILES string of the molecule is CCCC[N+](CCCC)(CCCC)C1CCCCC1.O=S(=O)([O-])O. The Hall–Kier alpha value is -0.170. The highest BCUT2D eigenvalue weighted by Gasteiger charge is 2.35. The van der Waals surface area contributed by atoms with Gasteiger partial charge in [-0.05, 0) is 44.9 Å². The van der Waals surface area contributed by atoms with Gasteiger partial charge in [-0.3, -0.25) is 4.55 Å². The van der Waals surface area contributed by atoms with Crippen molar-refractivity contribution in [1.82, 2.24) is 0 Å². The van der Waals surface area contributed by atoms with Crippen molar-refractivity contribution in [3.05, 3.63) is 0 Å². The molecule has 0 radical (unpaired) electrons. The Morgan fingerprint density at radius 1 is 0.875 bits per heavy atom. The van der Waals surface area contributed by atoms with E-state index < -0.39 is 10.4 Å². The number of hydrogen-bond donors (Lipinski definition) is 1. The maximum absolute atomic E-state index is 8.63. The second-order valence-electron chi connectivity index (χ2n) is 7.17. The summed E-state index contributed by atoms with van der Waals surface area (Å²) in [7, 11) is -4.92. The molecule has 0 aromatic rings. The maximum Gasteiger partial charge on any atom is 0.215 e. The van der Waals surface area contributed by atoms with E-state index in [0.29, 0.717) is 0 Å². The summed E-state index contributed by atoms with van der Waals surface area (Å²) in [5.41, 5.74) is 0. The van der Waals surface area contributed by atoms with Gasteiger partial charge in [0, 0.05) is 0 Å². The van der Waals surface area contributed by atoms with E-state index in [9.17, 15) is 0 Å². The highest BCUT2D eigenvalue weighted by atomic mass is 32.3.